The summed E-state index contributed by atoms with van der Waals surface area (Å²) in [7, 11) is 0. The summed E-state index contributed by atoms with van der Waals surface area (Å²) in [6, 6.07) is 0. The average Bonchev–Trinajstić information content (AvgIpc) is 3.46. The molecule has 6 saturated heterocycles. The Morgan fingerprint density at radius 1 is 0.359 bits per heavy atom. The smallest absolute Gasteiger partial charge is 0.228 e. The van der Waals surface area contributed by atoms with Crippen LogP contribution in [0.15, 0.2) is 35.1 Å². The minimum Gasteiger partial charge on any atom is -0.470 e. The van der Waals surface area contributed by atoms with Crippen LogP contribution in [0.3, 0.4) is 0 Å². The molecular formula is C50H84O28. The molecule has 0 aromatic rings. The van der Waals surface area contributed by atoms with E-state index in [0.717, 1.165) is 5.57 Å². The first-order valence-electron chi connectivity index (χ1n) is 26.3. The molecule has 6 aliphatic heterocycles. The molecule has 6 aliphatic rings. The predicted molar refractivity (Wildman–Crippen MR) is 259 cm³/mol. The van der Waals surface area contributed by atoms with E-state index < -0.39 is 197 Å². The maximum absolute atomic E-state index is 11.4. The Hall–Kier alpha value is -2.06. The molecular weight excluding hydrogens is 1050 g/mol. The highest BCUT2D eigenvalue weighted by Crippen LogP contribution is 2.36. The first kappa shape index (κ1) is 65.1. The molecule has 28 nitrogen and oxygen atoms in total. The summed E-state index contributed by atoms with van der Waals surface area (Å²) < 4.78 is 70.7. The van der Waals surface area contributed by atoms with Gasteiger partial charge in [-0.25, -0.2) is 0 Å². The minimum atomic E-state index is -1.82. The van der Waals surface area contributed by atoms with Crippen LogP contribution in [0, 0.1) is 0 Å². The summed E-state index contributed by atoms with van der Waals surface area (Å²) in [5, 5.41) is 170. The van der Waals surface area contributed by atoms with E-state index in [2.05, 4.69) is 0 Å². The van der Waals surface area contributed by atoms with Gasteiger partial charge in [-0.2, -0.15) is 0 Å². The fourth-order valence-electron chi connectivity index (χ4n) is 9.76. The molecule has 6 rings (SSSR count). The van der Waals surface area contributed by atoms with E-state index in [4.69, 9.17) is 56.8 Å². The molecule has 0 amide bonds. The zero-order valence-electron chi connectivity index (χ0n) is 44.6. The van der Waals surface area contributed by atoms with Crippen LogP contribution >= 0.6 is 0 Å². The van der Waals surface area contributed by atoms with Gasteiger partial charge in [-0.3, -0.25) is 0 Å². The molecule has 16 N–H and O–H groups in total. The van der Waals surface area contributed by atoms with Gasteiger partial charge >= 0.3 is 0 Å². The highest BCUT2D eigenvalue weighted by molar-refractivity contribution is 5.07. The van der Waals surface area contributed by atoms with Crippen molar-refractivity contribution in [1.29, 1.82) is 0 Å². The van der Waals surface area contributed by atoms with E-state index in [1.165, 1.54) is 34.0 Å². The third-order valence-corrected chi connectivity index (χ3v) is 14.9. The van der Waals surface area contributed by atoms with Crippen LogP contribution in [0.2, 0.25) is 0 Å². The van der Waals surface area contributed by atoms with E-state index in [1.807, 2.05) is 19.1 Å². The highest BCUT2D eigenvalue weighted by Gasteiger charge is 2.56. The molecule has 0 saturated carbocycles. The van der Waals surface area contributed by atoms with Gasteiger partial charge in [0.1, 0.15) is 116 Å². The van der Waals surface area contributed by atoms with Gasteiger partial charge in [-0.1, -0.05) is 23.3 Å². The summed E-state index contributed by atoms with van der Waals surface area (Å²) in [5.74, 6) is 0. The zero-order valence-corrected chi connectivity index (χ0v) is 44.6. The van der Waals surface area contributed by atoms with E-state index >= 15 is 0 Å². The molecule has 30 atom stereocenters. The number of aliphatic hydroxyl groups excluding tert-OH is 16. The molecule has 0 bridgehead atoms. The van der Waals surface area contributed by atoms with Crippen molar-refractivity contribution in [2.75, 3.05) is 19.8 Å². The molecule has 6 fully saturated rings. The third kappa shape index (κ3) is 15.4. The van der Waals surface area contributed by atoms with Gasteiger partial charge in [-0.05, 0) is 79.7 Å². The van der Waals surface area contributed by atoms with Crippen molar-refractivity contribution in [2.45, 2.75) is 258 Å². The summed E-state index contributed by atoms with van der Waals surface area (Å²) in [6.07, 6.45) is -38.7. The lowest BCUT2D eigenvalue weighted by Crippen LogP contribution is -2.66. The molecule has 0 aromatic carbocycles. The van der Waals surface area contributed by atoms with Gasteiger partial charge in [0.2, 0.25) is 6.29 Å². The lowest BCUT2D eigenvalue weighted by atomic mass is 9.96. The molecule has 6 heterocycles. The summed E-state index contributed by atoms with van der Waals surface area (Å²) >= 11 is 0. The first-order chi connectivity index (χ1) is 36.8. The van der Waals surface area contributed by atoms with Gasteiger partial charge in [0.05, 0.1) is 50.5 Å². The Labute approximate surface area is 451 Å². The van der Waals surface area contributed by atoms with Crippen molar-refractivity contribution in [3.8, 4) is 0 Å². The van der Waals surface area contributed by atoms with Crippen LogP contribution in [-0.4, -0.2) is 286 Å². The fraction of sp³-hybridized carbons (Fsp3) is 0.880. The third-order valence-electron chi connectivity index (χ3n) is 14.9. The summed E-state index contributed by atoms with van der Waals surface area (Å²) in [6.45, 7) is 9.57. The molecule has 78 heavy (non-hydrogen) atoms. The Morgan fingerprint density at radius 3 is 1.05 bits per heavy atom. The molecule has 28 heteroatoms. The number of ether oxygens (including phenoxy) is 12. The van der Waals surface area contributed by atoms with Crippen molar-refractivity contribution >= 4 is 0 Å². The number of hydrogen-bond acceptors (Lipinski definition) is 28. The number of rotatable bonds is 21. The van der Waals surface area contributed by atoms with Gasteiger partial charge in [-0.15, -0.1) is 0 Å². The fourth-order valence-corrected chi connectivity index (χ4v) is 9.76. The van der Waals surface area contributed by atoms with Crippen molar-refractivity contribution in [1.82, 2.24) is 0 Å². The van der Waals surface area contributed by atoms with Crippen LogP contribution in [0.1, 0.15) is 74.1 Å². The van der Waals surface area contributed by atoms with Gasteiger partial charge in [0, 0.05) is 0 Å². The van der Waals surface area contributed by atoms with E-state index in [0.29, 0.717) is 36.8 Å². The number of aliphatic hydroxyl groups is 16. The average molecular weight is 1130 g/mol. The van der Waals surface area contributed by atoms with Crippen LogP contribution < -0.4 is 0 Å². The standard InChI is InChI=1S/C50H84O28/c1-18(10-8-12-19(2)16-67-49-43(77-47-39(65)35(61)29(55)23(6)71-47)41(31(57)25(14-51)73-49)75-45-37(63)33(59)27(53)21(4)69-45)11-9-13-20(3)17-68-50-44(78-48-40(66)36(62)30(56)24(7)72-48)42(32(58)26(15-52)74-50)76-46-38(64)34(60)28(54)22(5)70-46/h10,13,16,21-66H,8-9,11-12,14-15,17H2,1-7H3/b18-10+,19-16+,20-13-/t21-,22-,23-,24-,25-,26-,27-,28-,29-,30-,31-,32-,33+,34+,35+,36+,37-,38-,39-,40-,41+,42+,43-,44-,45+,46+,47+,48+,49-,50-/m0/s1. The maximum atomic E-state index is 11.4. The van der Waals surface area contributed by atoms with E-state index in [9.17, 15) is 81.7 Å². The van der Waals surface area contributed by atoms with Crippen LogP contribution in [0.4, 0.5) is 0 Å². The van der Waals surface area contributed by atoms with Crippen molar-refractivity contribution in [2.24, 2.45) is 0 Å². The lowest BCUT2D eigenvalue weighted by Gasteiger charge is -2.48. The molecule has 0 radical (unpaired) electrons. The van der Waals surface area contributed by atoms with Crippen molar-refractivity contribution in [3.63, 3.8) is 0 Å². The number of allylic oxidation sites excluding steroid dienone is 4. The zero-order chi connectivity index (χ0) is 57.6. The van der Waals surface area contributed by atoms with Crippen LogP contribution in [-0.2, 0) is 56.8 Å². The second-order valence-corrected chi connectivity index (χ2v) is 21.2. The Balaban J connectivity index is 1.08. The maximum Gasteiger partial charge on any atom is 0.228 e. The molecule has 0 aliphatic carbocycles. The summed E-state index contributed by atoms with van der Waals surface area (Å²) in [5.41, 5.74) is 2.41. The molecule has 0 aromatic heterocycles. The second kappa shape index (κ2) is 29.0. The van der Waals surface area contributed by atoms with Crippen LogP contribution in [0.25, 0.3) is 0 Å². The molecule has 0 spiro atoms. The lowest BCUT2D eigenvalue weighted by molar-refractivity contribution is -0.388. The monoisotopic (exact) mass is 1130 g/mol. The second-order valence-electron chi connectivity index (χ2n) is 21.2. The largest absolute Gasteiger partial charge is 0.470 e. The quantitative estimate of drug-likeness (QED) is 0.0376. The van der Waals surface area contributed by atoms with E-state index in [1.54, 1.807) is 13.8 Å². The highest BCUT2D eigenvalue weighted by atomic mass is 16.8. The predicted octanol–water partition coefficient (Wildman–Crippen LogP) is -5.62. The normalized spacial score (nSPS) is 48.2. The Morgan fingerprint density at radius 2 is 0.679 bits per heavy atom. The van der Waals surface area contributed by atoms with Crippen molar-refractivity contribution in [3.05, 3.63) is 35.1 Å². The Kier molecular flexibility index (Phi) is 24.2. The van der Waals surface area contributed by atoms with Crippen molar-refractivity contribution < 1.29 is 139 Å². The van der Waals surface area contributed by atoms with Crippen LogP contribution in [0.5, 0.6) is 0 Å². The number of hydrogen-bond donors (Lipinski definition) is 16. The first-order valence-corrected chi connectivity index (χ1v) is 26.3. The van der Waals surface area contributed by atoms with Gasteiger partial charge < -0.3 is 139 Å². The minimum absolute atomic E-state index is 0.0999. The van der Waals surface area contributed by atoms with Gasteiger partial charge in [0.25, 0.3) is 0 Å². The topological polar surface area (TPSA) is 434 Å². The van der Waals surface area contributed by atoms with Gasteiger partial charge in [0.15, 0.2) is 37.6 Å². The molecule has 452 valence electrons. The Bertz CT molecular complexity index is 1930. The SMILES string of the molecule is C/C(=C/CC/C(C)=C/CC/C(C)=C/O[C@H]1O[C@@H](CO)[C@H](O)[C@@H](O[C@H]2O[C@@H](C)[C@H](O)[C@@H](O)[C@@H]2O)[C@@H]1O[C@H]1O[C@@H](C)[C@H](O)[C@@H](O)[C@@H]1O)CO[C@H]1O[C@@H](CO)[C@H](O)[C@@H](O[C@H]2O[C@@H](C)[C@H](O)[C@@H](O)[C@@H]2O)[C@@H]1O[C@H]1O[C@@H](C)[C@H](O)[C@@H](O)[C@@H]1O. The summed E-state index contributed by atoms with van der Waals surface area (Å²) in [4.78, 5) is 0. The molecule has 0 unspecified atom stereocenters. The van der Waals surface area contributed by atoms with E-state index in [-0.39, 0.29) is 6.61 Å².